The van der Waals surface area contributed by atoms with Gasteiger partial charge >= 0.3 is 0 Å². The largest absolute Gasteiger partial charge is 0.495 e. The molecule has 0 aliphatic rings. The van der Waals surface area contributed by atoms with E-state index in [1.165, 1.54) is 66.5 Å². The van der Waals surface area contributed by atoms with E-state index in [1.807, 2.05) is 6.07 Å². The van der Waals surface area contributed by atoms with Crippen LogP contribution in [0.2, 0.25) is 0 Å². The lowest BCUT2D eigenvalue weighted by Crippen LogP contribution is -2.18. The van der Waals surface area contributed by atoms with Gasteiger partial charge in [0.1, 0.15) is 23.9 Å². The molecule has 0 radical (unpaired) electrons. The summed E-state index contributed by atoms with van der Waals surface area (Å²) in [6.07, 6.45) is 1.24. The summed E-state index contributed by atoms with van der Waals surface area (Å²) in [5, 5.41) is 13.2. The minimum Gasteiger partial charge on any atom is -0.495 e. The number of sulfonamides is 1. The van der Waals surface area contributed by atoms with Crippen LogP contribution < -0.4 is 15.0 Å². The topological polar surface area (TPSA) is 127 Å². The van der Waals surface area contributed by atoms with Gasteiger partial charge in [0.05, 0.1) is 28.8 Å². The number of methoxy groups -OCH3 is 1. The molecule has 0 atom stereocenters. The summed E-state index contributed by atoms with van der Waals surface area (Å²) >= 11 is 0. The van der Waals surface area contributed by atoms with E-state index in [1.54, 1.807) is 24.3 Å². The van der Waals surface area contributed by atoms with E-state index in [0.29, 0.717) is 33.5 Å². The van der Waals surface area contributed by atoms with E-state index in [2.05, 4.69) is 14.4 Å². The van der Waals surface area contributed by atoms with Crippen molar-refractivity contribution in [2.75, 3.05) is 11.8 Å². The Morgan fingerprint density at radius 2 is 1.81 bits per heavy atom. The number of nitriles is 1. The first-order chi connectivity index (χ1) is 17.8. The van der Waals surface area contributed by atoms with Crippen LogP contribution >= 0.6 is 0 Å². The van der Waals surface area contributed by atoms with Crippen molar-refractivity contribution < 1.29 is 22.1 Å². The van der Waals surface area contributed by atoms with Crippen LogP contribution in [0.1, 0.15) is 5.56 Å². The molecule has 0 aliphatic carbocycles. The summed E-state index contributed by atoms with van der Waals surface area (Å²) in [6, 6.07) is 19.7. The van der Waals surface area contributed by atoms with Crippen molar-refractivity contribution in [3.8, 4) is 28.6 Å². The Morgan fingerprint density at radius 1 is 1.03 bits per heavy atom. The summed E-state index contributed by atoms with van der Waals surface area (Å²) in [6.45, 7) is 0. The van der Waals surface area contributed by atoms with Crippen molar-refractivity contribution in [1.29, 1.82) is 5.26 Å². The lowest BCUT2D eigenvalue weighted by molar-refractivity contribution is 0.413. The first-order valence-corrected chi connectivity index (χ1v) is 12.3. The second-order valence-electron chi connectivity index (χ2n) is 7.91. The van der Waals surface area contributed by atoms with Crippen LogP contribution in [0.15, 0.2) is 93.3 Å². The molecule has 3 aromatic carbocycles. The molecule has 0 amide bonds. The highest BCUT2D eigenvalue weighted by atomic mass is 32.2. The quantitative estimate of drug-likeness (QED) is 0.353. The highest BCUT2D eigenvalue weighted by Gasteiger charge is 2.18. The predicted molar refractivity (Wildman–Crippen MR) is 134 cm³/mol. The van der Waals surface area contributed by atoms with Gasteiger partial charge in [0.25, 0.3) is 15.6 Å². The van der Waals surface area contributed by atoms with Crippen molar-refractivity contribution in [3.05, 3.63) is 101 Å². The van der Waals surface area contributed by atoms with Crippen LogP contribution in [0.5, 0.6) is 5.75 Å². The lowest BCUT2D eigenvalue weighted by Gasteiger charge is -2.16. The van der Waals surface area contributed by atoms with Crippen LogP contribution in [-0.2, 0) is 10.0 Å². The number of rotatable bonds is 6. The monoisotopic (exact) mass is 516 g/mol. The third-order valence-electron chi connectivity index (χ3n) is 5.69. The number of aromatic nitrogens is 2. The third kappa shape index (κ3) is 4.41. The van der Waals surface area contributed by atoms with E-state index in [0.717, 1.165) is 0 Å². The molecule has 2 aromatic heterocycles. The summed E-state index contributed by atoms with van der Waals surface area (Å²) < 4.78 is 53.3. The minimum absolute atomic E-state index is 0.0277. The number of anilines is 1. The zero-order chi connectivity index (χ0) is 26.2. The predicted octanol–water partition coefficient (Wildman–Crippen LogP) is 4.47. The van der Waals surface area contributed by atoms with Crippen LogP contribution in [0.3, 0.4) is 0 Å². The van der Waals surface area contributed by atoms with Gasteiger partial charge in [-0.25, -0.2) is 12.8 Å². The molecule has 5 rings (SSSR count). The Labute approximate surface area is 210 Å². The van der Waals surface area contributed by atoms with Gasteiger partial charge in [0.2, 0.25) is 0 Å². The minimum atomic E-state index is -3.95. The number of nitrogens with one attached hydrogen (secondary N) is 1. The van der Waals surface area contributed by atoms with Gasteiger partial charge in [-0.3, -0.25) is 14.1 Å². The zero-order valence-electron chi connectivity index (χ0n) is 19.2. The number of nitrogens with zero attached hydrogens (tertiary/aromatic N) is 3. The molecule has 0 unspecified atom stereocenters. The molecular formula is C26H17FN4O5S. The molecular weight excluding hydrogens is 499 g/mol. The molecule has 0 fully saturated rings. The molecule has 11 heteroatoms. The lowest BCUT2D eigenvalue weighted by atomic mass is 10.0. The first-order valence-electron chi connectivity index (χ1n) is 10.8. The van der Waals surface area contributed by atoms with Gasteiger partial charge in [0.15, 0.2) is 5.82 Å². The smallest absolute Gasteiger partial charge is 0.263 e. The van der Waals surface area contributed by atoms with Gasteiger partial charge in [-0.05, 0) is 59.7 Å². The Balaban J connectivity index is 1.61. The molecule has 2 heterocycles. The van der Waals surface area contributed by atoms with Gasteiger partial charge in [-0.1, -0.05) is 17.3 Å². The van der Waals surface area contributed by atoms with Crippen LogP contribution in [-0.4, -0.2) is 25.3 Å². The maximum absolute atomic E-state index is 13.8. The van der Waals surface area contributed by atoms with Gasteiger partial charge in [-0.2, -0.15) is 5.26 Å². The van der Waals surface area contributed by atoms with Crippen LogP contribution in [0.4, 0.5) is 10.2 Å². The van der Waals surface area contributed by atoms with E-state index in [4.69, 9.17) is 10.00 Å². The molecule has 37 heavy (non-hydrogen) atoms. The first kappa shape index (κ1) is 23.8. The van der Waals surface area contributed by atoms with Crippen molar-refractivity contribution in [2.45, 2.75) is 4.90 Å². The molecule has 0 saturated carbocycles. The normalized spacial score (nSPS) is 11.3. The zero-order valence-corrected chi connectivity index (χ0v) is 20.0. The molecule has 1 N–H and O–H groups in total. The molecule has 0 aliphatic heterocycles. The fraction of sp³-hybridized carbons (Fsp3) is 0.0385. The summed E-state index contributed by atoms with van der Waals surface area (Å²) in [5.41, 5.74) is 1.67. The Bertz CT molecular complexity index is 1860. The second kappa shape index (κ2) is 9.25. The fourth-order valence-electron chi connectivity index (χ4n) is 3.93. The maximum Gasteiger partial charge on any atom is 0.263 e. The van der Waals surface area contributed by atoms with Crippen molar-refractivity contribution in [2.24, 2.45) is 0 Å². The van der Waals surface area contributed by atoms with Crippen LogP contribution in [0.25, 0.3) is 27.7 Å². The fourth-order valence-corrected chi connectivity index (χ4v) is 4.96. The number of benzene rings is 3. The van der Waals surface area contributed by atoms with Crippen molar-refractivity contribution >= 4 is 26.7 Å². The van der Waals surface area contributed by atoms with Crippen molar-refractivity contribution in [3.63, 3.8) is 0 Å². The van der Waals surface area contributed by atoms with Gasteiger partial charge in [-0.15, -0.1) is 0 Å². The Morgan fingerprint density at radius 3 is 2.54 bits per heavy atom. The number of hydrogen-bond acceptors (Lipinski definition) is 7. The van der Waals surface area contributed by atoms with E-state index in [9.17, 15) is 17.6 Å². The number of pyridine rings is 1. The Kier molecular flexibility index (Phi) is 5.95. The van der Waals surface area contributed by atoms with E-state index >= 15 is 0 Å². The van der Waals surface area contributed by atoms with Gasteiger partial charge < -0.3 is 9.26 Å². The maximum atomic E-state index is 13.8. The van der Waals surface area contributed by atoms with Crippen molar-refractivity contribution in [1.82, 2.24) is 9.72 Å². The van der Waals surface area contributed by atoms with E-state index in [-0.39, 0.29) is 21.8 Å². The highest BCUT2D eigenvalue weighted by Crippen LogP contribution is 2.32. The Hall–Kier alpha value is -4.95. The second-order valence-corrected chi connectivity index (χ2v) is 9.59. The summed E-state index contributed by atoms with van der Waals surface area (Å²) in [7, 11) is -2.51. The summed E-state index contributed by atoms with van der Waals surface area (Å²) in [4.78, 5) is 12.9. The molecule has 5 aromatic rings. The number of halogens is 1. The number of ether oxygens (including phenoxy) is 1. The van der Waals surface area contributed by atoms with Crippen LogP contribution in [0, 0.1) is 17.1 Å². The number of fused-ring (bicyclic) bond motifs is 1. The summed E-state index contributed by atoms with van der Waals surface area (Å²) in [5.74, 6) is -0.230. The van der Waals surface area contributed by atoms with Gasteiger partial charge in [0, 0.05) is 17.5 Å². The molecule has 0 bridgehead atoms. The highest BCUT2D eigenvalue weighted by molar-refractivity contribution is 7.92. The van der Waals surface area contributed by atoms with E-state index < -0.39 is 15.8 Å². The molecule has 9 nitrogen and oxygen atoms in total. The average Bonchev–Trinajstić information content (AvgIpc) is 3.41. The SMILES string of the molecule is COc1cc(-c2ccc(F)c(C#N)c2)ccc1-n1c(=O)ccc2cc(S(=O)(=O)Nc3ccon3)ccc21. The molecule has 184 valence electrons. The molecule has 0 spiro atoms. The standard InChI is InChI=1S/C26H17FN4O5S/c1-35-24-14-17(16-2-6-21(27)19(12-16)15-28)3-7-23(24)31-22-8-5-20(13-18(22)4-9-26(31)32)37(33,34)30-25-10-11-36-29-25/h2-14H,1H3,(H,29,30). The average molecular weight is 517 g/mol. The number of hydrogen-bond donors (Lipinski definition) is 1. The third-order valence-corrected chi connectivity index (χ3v) is 7.05. The molecule has 0 saturated heterocycles.